The molecular weight excluding hydrogens is 300 g/mol. The molecule has 0 aliphatic carbocycles. The Labute approximate surface area is 141 Å². The van der Waals surface area contributed by atoms with E-state index in [1.54, 1.807) is 36.4 Å². The number of rotatable bonds is 7. The largest absolute Gasteiger partial charge is 0.295 e. The molecule has 2 aromatic rings. The van der Waals surface area contributed by atoms with E-state index < -0.39 is 0 Å². The van der Waals surface area contributed by atoms with Crippen molar-refractivity contribution in [3.05, 3.63) is 83.4 Å². The molecule has 0 aliphatic heterocycles. The molecule has 0 amide bonds. The third-order valence-corrected chi connectivity index (χ3v) is 3.39. The molecule has 0 bridgehead atoms. The molecule has 3 heteroatoms. The van der Waals surface area contributed by atoms with Gasteiger partial charge in [0.25, 0.3) is 0 Å². The minimum absolute atomic E-state index is 0.00240. The molecule has 0 atom stereocenters. The van der Waals surface area contributed by atoms with Crippen molar-refractivity contribution >= 4 is 29.5 Å². The molecule has 2 aromatic carbocycles. The standard InChI is InChI=1S/C21H18O3/c1-16(22)19-11-7-18(8-12-19)10-14-21(24)15-20(23)13-9-17-5-3-2-4-6-17/h2-14H,15H2,1H3/b13-9+,14-10+. The Morgan fingerprint density at radius 2 is 1.25 bits per heavy atom. The maximum Gasteiger partial charge on any atom is 0.163 e. The highest BCUT2D eigenvalue weighted by molar-refractivity contribution is 6.10. The van der Waals surface area contributed by atoms with Crippen molar-refractivity contribution in [1.29, 1.82) is 0 Å². The van der Waals surface area contributed by atoms with Crippen LogP contribution in [0.15, 0.2) is 66.7 Å². The van der Waals surface area contributed by atoms with E-state index in [0.29, 0.717) is 5.56 Å². The molecule has 0 radical (unpaired) electrons. The van der Waals surface area contributed by atoms with Crippen molar-refractivity contribution in [3.63, 3.8) is 0 Å². The zero-order valence-corrected chi connectivity index (χ0v) is 13.4. The Hall–Kier alpha value is -3.07. The molecule has 0 spiro atoms. The SMILES string of the molecule is CC(=O)c1ccc(/C=C/C(=O)CC(=O)/C=C/c2ccccc2)cc1. The Morgan fingerprint density at radius 1 is 0.750 bits per heavy atom. The highest BCUT2D eigenvalue weighted by Crippen LogP contribution is 2.07. The summed E-state index contributed by atoms with van der Waals surface area (Å²) in [5, 5.41) is 0. The normalized spacial score (nSPS) is 11.0. The fourth-order valence-electron chi connectivity index (χ4n) is 2.06. The van der Waals surface area contributed by atoms with Gasteiger partial charge in [-0.2, -0.15) is 0 Å². The van der Waals surface area contributed by atoms with Gasteiger partial charge in [0.05, 0.1) is 6.42 Å². The van der Waals surface area contributed by atoms with E-state index in [2.05, 4.69) is 0 Å². The van der Waals surface area contributed by atoms with Crippen molar-refractivity contribution in [2.75, 3.05) is 0 Å². The number of benzene rings is 2. The molecule has 0 N–H and O–H groups in total. The van der Waals surface area contributed by atoms with Crippen molar-refractivity contribution in [1.82, 2.24) is 0 Å². The molecule has 0 unspecified atom stereocenters. The van der Waals surface area contributed by atoms with E-state index in [1.807, 2.05) is 30.3 Å². The summed E-state index contributed by atoms with van der Waals surface area (Å²) in [4.78, 5) is 34.8. The Bertz CT molecular complexity index is 782. The van der Waals surface area contributed by atoms with Gasteiger partial charge in [0.15, 0.2) is 17.3 Å². The summed E-state index contributed by atoms with van der Waals surface area (Å²) in [6.07, 6.45) is 5.98. The first-order valence-electron chi connectivity index (χ1n) is 7.62. The summed E-state index contributed by atoms with van der Waals surface area (Å²) in [5.41, 5.74) is 2.35. The van der Waals surface area contributed by atoms with Crippen LogP contribution in [0.1, 0.15) is 34.8 Å². The summed E-state index contributed by atoms with van der Waals surface area (Å²) in [7, 11) is 0. The lowest BCUT2D eigenvalue weighted by molar-refractivity contribution is -0.121. The van der Waals surface area contributed by atoms with E-state index in [9.17, 15) is 14.4 Å². The highest BCUT2D eigenvalue weighted by Gasteiger charge is 2.03. The monoisotopic (exact) mass is 318 g/mol. The van der Waals surface area contributed by atoms with Gasteiger partial charge in [0.2, 0.25) is 0 Å². The molecule has 0 fully saturated rings. The van der Waals surface area contributed by atoms with Crippen LogP contribution in [0.5, 0.6) is 0 Å². The van der Waals surface area contributed by atoms with Gasteiger partial charge in [-0.25, -0.2) is 0 Å². The lowest BCUT2D eigenvalue weighted by atomic mass is 10.1. The summed E-state index contributed by atoms with van der Waals surface area (Å²) < 4.78 is 0. The third-order valence-electron chi connectivity index (χ3n) is 3.39. The van der Waals surface area contributed by atoms with Crippen molar-refractivity contribution in [3.8, 4) is 0 Å². The molecule has 0 saturated carbocycles. The number of carbonyl (C=O) groups is 3. The topological polar surface area (TPSA) is 51.2 Å². The number of allylic oxidation sites excluding steroid dienone is 2. The van der Waals surface area contributed by atoms with Gasteiger partial charge in [0, 0.05) is 5.56 Å². The summed E-state index contributed by atoms with van der Waals surface area (Å²) in [5.74, 6) is -0.494. The number of Topliss-reactive ketones (excluding diaryl/α,β-unsaturated/α-hetero) is 1. The van der Waals surface area contributed by atoms with Crippen LogP contribution in [0.4, 0.5) is 0 Å². The molecule has 0 heterocycles. The molecule has 2 rings (SSSR count). The van der Waals surface area contributed by atoms with Crippen LogP contribution >= 0.6 is 0 Å². The minimum Gasteiger partial charge on any atom is -0.295 e. The van der Waals surface area contributed by atoms with Gasteiger partial charge in [-0.1, -0.05) is 66.7 Å². The quantitative estimate of drug-likeness (QED) is 0.438. The number of ketones is 3. The van der Waals surface area contributed by atoms with Gasteiger partial charge >= 0.3 is 0 Å². The van der Waals surface area contributed by atoms with Crippen LogP contribution in [0.2, 0.25) is 0 Å². The zero-order chi connectivity index (χ0) is 17.4. The molecule has 24 heavy (non-hydrogen) atoms. The summed E-state index contributed by atoms with van der Waals surface area (Å²) in [6, 6.07) is 16.4. The average molecular weight is 318 g/mol. The number of hydrogen-bond donors (Lipinski definition) is 0. The predicted octanol–water partition coefficient (Wildman–Crippen LogP) is 4.14. The van der Waals surface area contributed by atoms with Crippen molar-refractivity contribution < 1.29 is 14.4 Å². The minimum atomic E-state index is -0.256. The van der Waals surface area contributed by atoms with Gasteiger partial charge in [-0.05, 0) is 30.2 Å². The van der Waals surface area contributed by atoms with E-state index in [4.69, 9.17) is 0 Å². The zero-order valence-electron chi connectivity index (χ0n) is 13.4. The molecule has 0 aliphatic rings. The Balaban J connectivity index is 1.89. The molecule has 120 valence electrons. The molecule has 0 aromatic heterocycles. The average Bonchev–Trinajstić information content (AvgIpc) is 2.59. The van der Waals surface area contributed by atoms with Crippen LogP contribution < -0.4 is 0 Å². The van der Waals surface area contributed by atoms with Crippen molar-refractivity contribution in [2.24, 2.45) is 0 Å². The first-order valence-corrected chi connectivity index (χ1v) is 7.62. The Kier molecular flexibility index (Phi) is 6.15. The summed E-state index contributed by atoms with van der Waals surface area (Å²) >= 11 is 0. The number of carbonyl (C=O) groups excluding carboxylic acids is 3. The maximum atomic E-state index is 11.8. The van der Waals surface area contributed by atoms with Crippen LogP contribution in [-0.2, 0) is 9.59 Å². The predicted molar refractivity (Wildman–Crippen MR) is 95.6 cm³/mol. The van der Waals surface area contributed by atoms with E-state index in [-0.39, 0.29) is 23.8 Å². The van der Waals surface area contributed by atoms with E-state index >= 15 is 0 Å². The lowest BCUT2D eigenvalue weighted by Gasteiger charge is -1.97. The number of hydrogen-bond acceptors (Lipinski definition) is 3. The fourth-order valence-corrected chi connectivity index (χ4v) is 2.06. The van der Waals surface area contributed by atoms with Crippen LogP contribution in [0.25, 0.3) is 12.2 Å². The second-order valence-corrected chi connectivity index (χ2v) is 5.36. The van der Waals surface area contributed by atoms with Crippen LogP contribution in [0.3, 0.4) is 0 Å². The first kappa shape index (κ1) is 17.3. The van der Waals surface area contributed by atoms with Gasteiger partial charge in [0.1, 0.15) is 0 Å². The molecule has 3 nitrogen and oxygen atoms in total. The first-order chi connectivity index (χ1) is 11.5. The molecular formula is C21H18O3. The maximum absolute atomic E-state index is 11.8. The molecule has 0 saturated heterocycles. The fraction of sp³-hybridized carbons (Fsp3) is 0.0952. The smallest absolute Gasteiger partial charge is 0.163 e. The summed E-state index contributed by atoms with van der Waals surface area (Å²) in [6.45, 7) is 1.50. The van der Waals surface area contributed by atoms with Crippen molar-refractivity contribution in [2.45, 2.75) is 13.3 Å². The Morgan fingerprint density at radius 3 is 1.75 bits per heavy atom. The van der Waals surface area contributed by atoms with E-state index in [0.717, 1.165) is 11.1 Å². The van der Waals surface area contributed by atoms with Gasteiger partial charge in [-0.15, -0.1) is 0 Å². The van der Waals surface area contributed by atoms with Gasteiger partial charge < -0.3 is 0 Å². The second kappa shape index (κ2) is 8.53. The van der Waals surface area contributed by atoms with E-state index in [1.165, 1.54) is 19.1 Å². The van der Waals surface area contributed by atoms with Crippen LogP contribution in [0, 0.1) is 0 Å². The highest BCUT2D eigenvalue weighted by atomic mass is 16.1. The van der Waals surface area contributed by atoms with Gasteiger partial charge in [-0.3, -0.25) is 14.4 Å². The second-order valence-electron chi connectivity index (χ2n) is 5.36. The third kappa shape index (κ3) is 5.61. The van der Waals surface area contributed by atoms with Crippen LogP contribution in [-0.4, -0.2) is 17.3 Å². The lowest BCUT2D eigenvalue weighted by Crippen LogP contribution is -2.01.